The summed E-state index contributed by atoms with van der Waals surface area (Å²) in [5.74, 6) is -0.0335. The van der Waals surface area contributed by atoms with Crippen LogP contribution in [0.3, 0.4) is 0 Å². The molecule has 3 N–H and O–H groups in total. The average Bonchev–Trinajstić information content (AvgIpc) is 2.91. The van der Waals surface area contributed by atoms with Crippen LogP contribution < -0.4 is 10.5 Å². The largest absolute Gasteiger partial charge is 0.342 e. The fraction of sp³-hybridized carbons (Fsp3) is 0.562. The van der Waals surface area contributed by atoms with Gasteiger partial charge in [-0.2, -0.15) is 0 Å². The number of amides is 1. The smallest absolute Gasteiger partial charge is 0.240 e. The number of hydrogen-bond acceptors (Lipinski definition) is 4. The second kappa shape index (κ2) is 6.98. The van der Waals surface area contributed by atoms with E-state index >= 15 is 0 Å². The van der Waals surface area contributed by atoms with E-state index in [2.05, 4.69) is 11.6 Å². The molecular weight excluding hydrogens is 314 g/mol. The molecule has 1 aliphatic rings. The SMILES string of the molecule is Cc1ccc(S(=O)(=O)NCCC(=O)N2CCC(C)(CN)C2)cc1. The molecule has 7 heteroatoms. The molecule has 0 aromatic heterocycles. The van der Waals surface area contributed by atoms with Gasteiger partial charge < -0.3 is 10.6 Å². The molecule has 1 saturated heterocycles. The van der Waals surface area contributed by atoms with Gasteiger partial charge in [-0.25, -0.2) is 13.1 Å². The summed E-state index contributed by atoms with van der Waals surface area (Å²) in [6.45, 7) is 5.96. The second-order valence-corrected chi connectivity index (χ2v) is 8.31. The van der Waals surface area contributed by atoms with Crippen LogP contribution in [-0.2, 0) is 14.8 Å². The molecule has 0 bridgehead atoms. The number of rotatable bonds is 6. The van der Waals surface area contributed by atoms with Crippen LogP contribution in [0, 0.1) is 12.3 Å². The van der Waals surface area contributed by atoms with Crippen molar-refractivity contribution in [3.05, 3.63) is 29.8 Å². The number of benzene rings is 1. The van der Waals surface area contributed by atoms with Crippen LogP contribution in [-0.4, -0.2) is 45.4 Å². The molecule has 1 fully saturated rings. The van der Waals surface area contributed by atoms with E-state index in [9.17, 15) is 13.2 Å². The van der Waals surface area contributed by atoms with Crippen molar-refractivity contribution in [2.45, 2.75) is 31.6 Å². The first-order chi connectivity index (χ1) is 10.8. The number of nitrogens with zero attached hydrogens (tertiary/aromatic N) is 1. The van der Waals surface area contributed by atoms with Crippen molar-refractivity contribution in [2.75, 3.05) is 26.2 Å². The van der Waals surface area contributed by atoms with Gasteiger partial charge in [-0.15, -0.1) is 0 Å². The summed E-state index contributed by atoms with van der Waals surface area (Å²) < 4.78 is 26.8. The third-order valence-electron chi connectivity index (χ3n) is 4.37. The Hall–Kier alpha value is -1.44. The molecule has 1 unspecified atom stereocenters. The number of nitrogens with two attached hydrogens (primary N) is 1. The zero-order chi connectivity index (χ0) is 17.1. The van der Waals surface area contributed by atoms with Crippen molar-refractivity contribution < 1.29 is 13.2 Å². The van der Waals surface area contributed by atoms with E-state index < -0.39 is 10.0 Å². The molecule has 1 amide bonds. The summed E-state index contributed by atoms with van der Waals surface area (Å²) in [5, 5.41) is 0. The normalized spacial score (nSPS) is 21.6. The summed E-state index contributed by atoms with van der Waals surface area (Å²) >= 11 is 0. The molecule has 2 rings (SSSR count). The van der Waals surface area contributed by atoms with Gasteiger partial charge in [0.25, 0.3) is 0 Å². The Kier molecular flexibility index (Phi) is 5.44. The molecule has 6 nitrogen and oxygen atoms in total. The Labute approximate surface area is 138 Å². The Morgan fingerprint density at radius 2 is 2.00 bits per heavy atom. The molecule has 0 aliphatic carbocycles. The molecule has 1 aromatic carbocycles. The number of nitrogens with one attached hydrogen (secondary N) is 1. The third kappa shape index (κ3) is 4.53. The number of carbonyl (C=O) groups excluding carboxylic acids is 1. The van der Waals surface area contributed by atoms with E-state index in [1.165, 1.54) is 0 Å². The lowest BCUT2D eigenvalue weighted by Gasteiger charge is -2.22. The van der Waals surface area contributed by atoms with Crippen LogP contribution in [0.1, 0.15) is 25.3 Å². The minimum atomic E-state index is -3.56. The molecule has 1 atom stereocenters. The Bertz CT molecular complexity index is 658. The van der Waals surface area contributed by atoms with Gasteiger partial charge in [0.1, 0.15) is 0 Å². The van der Waals surface area contributed by atoms with Gasteiger partial charge in [-0.05, 0) is 37.4 Å². The predicted octanol–water partition coefficient (Wildman–Crippen LogP) is 0.861. The lowest BCUT2D eigenvalue weighted by atomic mass is 9.90. The maximum atomic E-state index is 12.2. The monoisotopic (exact) mass is 339 g/mol. The molecule has 128 valence electrons. The minimum absolute atomic E-state index is 0.0168. The number of carbonyl (C=O) groups is 1. The maximum Gasteiger partial charge on any atom is 0.240 e. The summed E-state index contributed by atoms with van der Waals surface area (Å²) in [4.78, 5) is 14.2. The van der Waals surface area contributed by atoms with Gasteiger partial charge in [-0.1, -0.05) is 24.6 Å². The van der Waals surface area contributed by atoms with Crippen LogP contribution in [0.2, 0.25) is 0 Å². The number of aryl methyl sites for hydroxylation is 1. The number of sulfonamides is 1. The van der Waals surface area contributed by atoms with Crippen molar-refractivity contribution in [3.63, 3.8) is 0 Å². The Morgan fingerprint density at radius 1 is 1.35 bits per heavy atom. The summed E-state index contributed by atoms with van der Waals surface area (Å²) in [6.07, 6.45) is 1.05. The van der Waals surface area contributed by atoms with E-state index in [0.717, 1.165) is 12.0 Å². The van der Waals surface area contributed by atoms with Gasteiger partial charge >= 0.3 is 0 Å². The zero-order valence-corrected chi connectivity index (χ0v) is 14.5. The lowest BCUT2D eigenvalue weighted by molar-refractivity contribution is -0.130. The second-order valence-electron chi connectivity index (χ2n) is 6.54. The summed E-state index contributed by atoms with van der Waals surface area (Å²) in [7, 11) is -3.56. The van der Waals surface area contributed by atoms with Gasteiger partial charge in [0.15, 0.2) is 0 Å². The highest BCUT2D eigenvalue weighted by atomic mass is 32.2. The molecular formula is C16H25N3O3S. The van der Waals surface area contributed by atoms with Crippen LogP contribution in [0.15, 0.2) is 29.2 Å². The van der Waals surface area contributed by atoms with Crippen molar-refractivity contribution in [3.8, 4) is 0 Å². The zero-order valence-electron chi connectivity index (χ0n) is 13.7. The molecule has 0 radical (unpaired) electrons. The van der Waals surface area contributed by atoms with E-state index in [1.54, 1.807) is 29.2 Å². The lowest BCUT2D eigenvalue weighted by Crippen LogP contribution is -2.36. The standard InChI is InChI=1S/C16H25N3O3S/c1-13-3-5-14(6-4-13)23(21,22)18-9-7-15(20)19-10-8-16(2,11-17)12-19/h3-6,18H,7-12,17H2,1-2H3. The summed E-state index contributed by atoms with van der Waals surface area (Å²) in [6, 6.07) is 6.62. The van der Waals surface area contributed by atoms with E-state index in [0.29, 0.717) is 19.6 Å². The van der Waals surface area contributed by atoms with Gasteiger partial charge in [0.05, 0.1) is 4.90 Å². The van der Waals surface area contributed by atoms with Gasteiger partial charge in [0, 0.05) is 26.1 Å². The van der Waals surface area contributed by atoms with Crippen molar-refractivity contribution in [1.29, 1.82) is 0 Å². The first kappa shape index (κ1) is 17.9. The van der Waals surface area contributed by atoms with Crippen LogP contribution in [0.25, 0.3) is 0 Å². The van der Waals surface area contributed by atoms with Crippen LogP contribution in [0.5, 0.6) is 0 Å². The highest BCUT2D eigenvalue weighted by molar-refractivity contribution is 7.89. The fourth-order valence-corrected chi connectivity index (χ4v) is 3.69. The van der Waals surface area contributed by atoms with E-state index in [-0.39, 0.29) is 29.2 Å². The first-order valence-electron chi connectivity index (χ1n) is 7.80. The first-order valence-corrected chi connectivity index (χ1v) is 9.28. The number of likely N-dealkylation sites (tertiary alicyclic amines) is 1. The maximum absolute atomic E-state index is 12.2. The minimum Gasteiger partial charge on any atom is -0.342 e. The van der Waals surface area contributed by atoms with Crippen molar-refractivity contribution >= 4 is 15.9 Å². The van der Waals surface area contributed by atoms with Crippen LogP contribution in [0.4, 0.5) is 0 Å². The topological polar surface area (TPSA) is 92.5 Å². The predicted molar refractivity (Wildman–Crippen MR) is 89.3 cm³/mol. The molecule has 1 heterocycles. The molecule has 1 aromatic rings. The van der Waals surface area contributed by atoms with Gasteiger partial charge in [0.2, 0.25) is 15.9 Å². The van der Waals surface area contributed by atoms with E-state index in [4.69, 9.17) is 5.73 Å². The quantitative estimate of drug-likeness (QED) is 0.804. The highest BCUT2D eigenvalue weighted by Crippen LogP contribution is 2.28. The Morgan fingerprint density at radius 3 is 2.57 bits per heavy atom. The van der Waals surface area contributed by atoms with E-state index in [1.807, 2.05) is 6.92 Å². The van der Waals surface area contributed by atoms with Crippen molar-refractivity contribution in [2.24, 2.45) is 11.1 Å². The third-order valence-corrected chi connectivity index (χ3v) is 5.84. The number of hydrogen-bond donors (Lipinski definition) is 2. The molecule has 0 saturated carbocycles. The molecule has 0 spiro atoms. The fourth-order valence-electron chi connectivity index (χ4n) is 2.65. The highest BCUT2D eigenvalue weighted by Gasteiger charge is 2.34. The molecule has 1 aliphatic heterocycles. The molecule has 23 heavy (non-hydrogen) atoms. The van der Waals surface area contributed by atoms with Gasteiger partial charge in [-0.3, -0.25) is 4.79 Å². The van der Waals surface area contributed by atoms with Crippen molar-refractivity contribution in [1.82, 2.24) is 9.62 Å². The summed E-state index contributed by atoms with van der Waals surface area (Å²) in [5.41, 5.74) is 6.71. The Balaban J connectivity index is 1.85. The average molecular weight is 339 g/mol. The van der Waals surface area contributed by atoms with Crippen LogP contribution >= 0.6 is 0 Å².